The maximum atomic E-state index is 5.35. The molecule has 0 spiro atoms. The van der Waals surface area contributed by atoms with Crippen LogP contribution >= 0.6 is 0 Å². The van der Waals surface area contributed by atoms with Crippen molar-refractivity contribution in [2.75, 3.05) is 37.6 Å². The van der Waals surface area contributed by atoms with E-state index < -0.39 is 0 Å². The number of aromatic nitrogens is 3. The van der Waals surface area contributed by atoms with Gasteiger partial charge in [0.2, 0.25) is 5.89 Å². The van der Waals surface area contributed by atoms with Crippen LogP contribution in [-0.2, 0) is 12.0 Å². The van der Waals surface area contributed by atoms with Gasteiger partial charge in [0.05, 0.1) is 0 Å². The average molecular weight is 371 g/mol. The Bertz CT molecular complexity index is 743. The summed E-state index contributed by atoms with van der Waals surface area (Å²) in [5, 5.41) is 7.43. The van der Waals surface area contributed by atoms with Gasteiger partial charge in [-0.3, -0.25) is 0 Å². The quantitative estimate of drug-likeness (QED) is 0.650. The van der Waals surface area contributed by atoms with Gasteiger partial charge < -0.3 is 19.6 Å². The van der Waals surface area contributed by atoms with Crippen LogP contribution in [0.4, 0.5) is 5.82 Å². The predicted octanol–water partition coefficient (Wildman–Crippen LogP) is 2.05. The van der Waals surface area contributed by atoms with Gasteiger partial charge >= 0.3 is 0 Å². The zero-order chi connectivity index (χ0) is 19.3. The molecule has 1 saturated heterocycles. The number of nitrogens with one attached hydrogen (secondary N) is 1. The lowest BCUT2D eigenvalue weighted by Crippen LogP contribution is -2.52. The summed E-state index contributed by atoms with van der Waals surface area (Å²) in [5.41, 5.74) is -0.152. The third-order valence-corrected chi connectivity index (χ3v) is 4.37. The zero-order valence-corrected chi connectivity index (χ0v) is 16.6. The molecular weight excluding hydrogens is 342 g/mol. The first kappa shape index (κ1) is 19.1. The molecule has 0 aromatic carbocycles. The van der Waals surface area contributed by atoms with Crippen molar-refractivity contribution in [3.8, 4) is 0 Å². The topological polar surface area (TPSA) is 82.7 Å². The summed E-state index contributed by atoms with van der Waals surface area (Å²) in [4.78, 5) is 18.2. The number of hydrogen-bond donors (Lipinski definition) is 1. The van der Waals surface area contributed by atoms with Gasteiger partial charge in [-0.15, -0.1) is 0 Å². The molecule has 0 aliphatic carbocycles. The molecular formula is C19H29N7O. The van der Waals surface area contributed by atoms with Gasteiger partial charge in [-0.25, -0.2) is 9.98 Å². The summed E-state index contributed by atoms with van der Waals surface area (Å²) in [6.07, 6.45) is 1.84. The molecule has 0 bridgehead atoms. The monoisotopic (exact) mass is 371 g/mol. The molecule has 0 saturated carbocycles. The Hall–Kier alpha value is -2.64. The summed E-state index contributed by atoms with van der Waals surface area (Å²) in [6, 6.07) is 6.02. The van der Waals surface area contributed by atoms with E-state index in [2.05, 4.69) is 64.0 Å². The van der Waals surface area contributed by atoms with Crippen LogP contribution in [0.1, 0.15) is 39.4 Å². The smallest absolute Gasteiger partial charge is 0.232 e. The van der Waals surface area contributed by atoms with Gasteiger partial charge in [0.25, 0.3) is 0 Å². The fraction of sp³-hybridized carbons (Fsp3) is 0.579. The van der Waals surface area contributed by atoms with Crippen molar-refractivity contribution in [3.63, 3.8) is 0 Å². The molecule has 2 aromatic rings. The van der Waals surface area contributed by atoms with Crippen molar-refractivity contribution in [2.24, 2.45) is 4.99 Å². The van der Waals surface area contributed by atoms with E-state index in [9.17, 15) is 0 Å². The van der Waals surface area contributed by atoms with Crippen LogP contribution in [0, 0.1) is 0 Å². The second-order valence-corrected chi connectivity index (χ2v) is 7.60. The van der Waals surface area contributed by atoms with E-state index in [1.165, 1.54) is 0 Å². The van der Waals surface area contributed by atoms with Crippen LogP contribution in [-0.4, -0.2) is 58.7 Å². The van der Waals surface area contributed by atoms with E-state index in [-0.39, 0.29) is 5.41 Å². The molecule has 0 atom stereocenters. The lowest BCUT2D eigenvalue weighted by Gasteiger charge is -2.37. The number of guanidine groups is 1. The normalized spacial score (nSPS) is 15.9. The van der Waals surface area contributed by atoms with Crippen LogP contribution < -0.4 is 10.2 Å². The third kappa shape index (κ3) is 4.96. The molecule has 3 heterocycles. The minimum absolute atomic E-state index is 0.152. The SMILES string of the molecule is CCNC(=NCc1noc(C(C)(C)C)n1)N1CCN(c2ccccn2)CC1. The van der Waals surface area contributed by atoms with E-state index in [0.717, 1.165) is 44.5 Å². The number of anilines is 1. The van der Waals surface area contributed by atoms with Gasteiger partial charge in [0, 0.05) is 44.3 Å². The Labute approximate surface area is 160 Å². The van der Waals surface area contributed by atoms with Crippen LogP contribution in [0.5, 0.6) is 0 Å². The highest BCUT2D eigenvalue weighted by Crippen LogP contribution is 2.19. The van der Waals surface area contributed by atoms with Crippen molar-refractivity contribution in [3.05, 3.63) is 36.1 Å². The number of pyridine rings is 1. The molecule has 8 heteroatoms. The first-order valence-electron chi connectivity index (χ1n) is 9.49. The van der Waals surface area contributed by atoms with Crippen LogP contribution in [0.3, 0.4) is 0 Å². The zero-order valence-electron chi connectivity index (χ0n) is 16.6. The average Bonchev–Trinajstić information content (AvgIpc) is 3.16. The second-order valence-electron chi connectivity index (χ2n) is 7.60. The Morgan fingerprint density at radius 1 is 1.22 bits per heavy atom. The molecule has 1 aliphatic rings. The lowest BCUT2D eigenvalue weighted by atomic mass is 9.97. The van der Waals surface area contributed by atoms with Gasteiger partial charge in [0.15, 0.2) is 11.8 Å². The third-order valence-electron chi connectivity index (χ3n) is 4.37. The Morgan fingerprint density at radius 2 is 2.00 bits per heavy atom. The second kappa shape index (κ2) is 8.37. The Morgan fingerprint density at radius 3 is 2.59 bits per heavy atom. The summed E-state index contributed by atoms with van der Waals surface area (Å²) >= 11 is 0. The first-order chi connectivity index (χ1) is 13.0. The molecule has 2 aromatic heterocycles. The van der Waals surface area contributed by atoms with Gasteiger partial charge in [-0.2, -0.15) is 4.98 Å². The highest BCUT2D eigenvalue weighted by molar-refractivity contribution is 5.80. The van der Waals surface area contributed by atoms with Gasteiger partial charge in [0.1, 0.15) is 12.4 Å². The molecule has 0 amide bonds. The minimum Gasteiger partial charge on any atom is -0.357 e. The summed E-state index contributed by atoms with van der Waals surface area (Å²) in [7, 11) is 0. The van der Waals surface area contributed by atoms with E-state index in [1.54, 1.807) is 0 Å². The molecule has 1 fully saturated rings. The van der Waals surface area contributed by atoms with Crippen molar-refractivity contribution < 1.29 is 4.52 Å². The molecule has 27 heavy (non-hydrogen) atoms. The van der Waals surface area contributed by atoms with E-state index in [0.29, 0.717) is 18.3 Å². The summed E-state index contributed by atoms with van der Waals surface area (Å²) in [5.74, 6) is 3.17. The lowest BCUT2D eigenvalue weighted by molar-refractivity contribution is 0.318. The number of rotatable bonds is 4. The summed E-state index contributed by atoms with van der Waals surface area (Å²) < 4.78 is 5.35. The molecule has 0 radical (unpaired) electrons. The largest absolute Gasteiger partial charge is 0.357 e. The molecule has 0 unspecified atom stereocenters. The molecule has 8 nitrogen and oxygen atoms in total. The van der Waals surface area contributed by atoms with Crippen molar-refractivity contribution in [1.82, 2.24) is 25.3 Å². The van der Waals surface area contributed by atoms with Crippen molar-refractivity contribution >= 4 is 11.8 Å². The van der Waals surface area contributed by atoms with Crippen LogP contribution in [0.25, 0.3) is 0 Å². The number of piperazine rings is 1. The fourth-order valence-corrected chi connectivity index (χ4v) is 2.88. The number of aliphatic imine (C=N–C) groups is 1. The summed E-state index contributed by atoms with van der Waals surface area (Å²) in [6.45, 7) is 13.1. The highest BCUT2D eigenvalue weighted by Gasteiger charge is 2.23. The van der Waals surface area contributed by atoms with Crippen LogP contribution in [0.15, 0.2) is 33.9 Å². The van der Waals surface area contributed by atoms with Gasteiger partial charge in [-0.1, -0.05) is 32.0 Å². The Balaban J connectivity index is 1.62. The first-order valence-corrected chi connectivity index (χ1v) is 9.49. The number of hydrogen-bond acceptors (Lipinski definition) is 6. The minimum atomic E-state index is -0.152. The predicted molar refractivity (Wildman–Crippen MR) is 106 cm³/mol. The molecule has 3 rings (SSSR count). The maximum absolute atomic E-state index is 5.35. The van der Waals surface area contributed by atoms with Gasteiger partial charge in [-0.05, 0) is 19.1 Å². The number of nitrogens with zero attached hydrogens (tertiary/aromatic N) is 6. The molecule has 1 aliphatic heterocycles. The Kier molecular flexibility index (Phi) is 5.93. The standard InChI is InChI=1S/C19H29N7O/c1-5-20-18(22-14-15-23-17(27-24-15)19(2,3)4)26-12-10-25(11-13-26)16-8-6-7-9-21-16/h6-9H,5,10-14H2,1-4H3,(H,20,22). The van der Waals surface area contributed by atoms with E-state index in [1.807, 2.05) is 18.3 Å². The fourth-order valence-electron chi connectivity index (χ4n) is 2.88. The van der Waals surface area contributed by atoms with E-state index in [4.69, 9.17) is 9.52 Å². The maximum Gasteiger partial charge on any atom is 0.232 e. The molecule has 146 valence electrons. The van der Waals surface area contributed by atoms with Crippen molar-refractivity contribution in [2.45, 2.75) is 39.7 Å². The molecule has 1 N–H and O–H groups in total. The van der Waals surface area contributed by atoms with E-state index >= 15 is 0 Å². The van der Waals surface area contributed by atoms with Crippen molar-refractivity contribution in [1.29, 1.82) is 0 Å². The highest BCUT2D eigenvalue weighted by atomic mass is 16.5. The van der Waals surface area contributed by atoms with Crippen LogP contribution in [0.2, 0.25) is 0 Å².